The van der Waals surface area contributed by atoms with Gasteiger partial charge >= 0.3 is 0 Å². The summed E-state index contributed by atoms with van der Waals surface area (Å²) >= 11 is 0. The Hall–Kier alpha value is -1.06. The third-order valence-electron chi connectivity index (χ3n) is 3.41. The number of hydrogen-bond acceptors (Lipinski definition) is 3. The molecule has 0 bridgehead atoms. The minimum atomic E-state index is 0.263. The summed E-state index contributed by atoms with van der Waals surface area (Å²) in [7, 11) is 0. The van der Waals surface area contributed by atoms with Gasteiger partial charge in [0.2, 0.25) is 0 Å². The number of nitrogens with one attached hydrogen (secondary N) is 1. The second-order valence-electron chi connectivity index (χ2n) is 4.75. The summed E-state index contributed by atoms with van der Waals surface area (Å²) in [5.74, 6) is 0. The number of aryl methyl sites for hydroxylation is 1. The second kappa shape index (κ2) is 6.03. The first-order valence-corrected chi connectivity index (χ1v) is 6.46. The highest BCUT2D eigenvalue weighted by Crippen LogP contribution is 2.21. The lowest BCUT2D eigenvalue weighted by Gasteiger charge is -2.27. The average Bonchev–Trinajstić information content (AvgIpc) is 2.56. The van der Waals surface area contributed by atoms with Crippen molar-refractivity contribution in [3.63, 3.8) is 0 Å². The standard InChI is InChI=1S/C14H22N2O/c1-12-5-2-3-6-14(12)16-9-4-8-15-13(11-16)7-10-17/h2-3,5-6,13,15,17H,4,7-11H2,1H3. The lowest BCUT2D eigenvalue weighted by molar-refractivity contribution is 0.267. The predicted molar refractivity (Wildman–Crippen MR) is 71.5 cm³/mol. The van der Waals surface area contributed by atoms with Crippen LogP contribution in [0.4, 0.5) is 5.69 Å². The molecule has 94 valence electrons. The van der Waals surface area contributed by atoms with E-state index in [9.17, 15) is 0 Å². The SMILES string of the molecule is Cc1ccccc1N1CCCNC(CCO)C1. The first kappa shape index (κ1) is 12.4. The number of anilines is 1. The van der Waals surface area contributed by atoms with Gasteiger partial charge in [0.25, 0.3) is 0 Å². The van der Waals surface area contributed by atoms with Gasteiger partial charge in [-0.3, -0.25) is 0 Å². The van der Waals surface area contributed by atoms with Crippen molar-refractivity contribution in [2.24, 2.45) is 0 Å². The third-order valence-corrected chi connectivity index (χ3v) is 3.41. The van der Waals surface area contributed by atoms with Crippen LogP contribution in [0.5, 0.6) is 0 Å². The van der Waals surface area contributed by atoms with Crippen molar-refractivity contribution in [3.05, 3.63) is 29.8 Å². The molecule has 0 spiro atoms. The van der Waals surface area contributed by atoms with Crippen LogP contribution >= 0.6 is 0 Å². The van der Waals surface area contributed by atoms with Gasteiger partial charge in [-0.2, -0.15) is 0 Å². The summed E-state index contributed by atoms with van der Waals surface area (Å²) in [6.07, 6.45) is 2.00. The molecular formula is C14H22N2O. The molecule has 0 amide bonds. The van der Waals surface area contributed by atoms with Gasteiger partial charge in [0, 0.05) is 31.4 Å². The average molecular weight is 234 g/mol. The number of hydrogen-bond donors (Lipinski definition) is 2. The lowest BCUT2D eigenvalue weighted by atomic mass is 10.1. The maximum Gasteiger partial charge on any atom is 0.0446 e. The molecule has 0 saturated carbocycles. The Morgan fingerprint density at radius 2 is 2.24 bits per heavy atom. The highest BCUT2D eigenvalue weighted by Gasteiger charge is 2.18. The van der Waals surface area contributed by atoms with E-state index in [-0.39, 0.29) is 6.61 Å². The van der Waals surface area contributed by atoms with Gasteiger partial charge < -0.3 is 15.3 Å². The molecule has 1 atom stereocenters. The summed E-state index contributed by atoms with van der Waals surface area (Å²) in [4.78, 5) is 2.44. The maximum atomic E-state index is 9.06. The van der Waals surface area contributed by atoms with Crippen LogP contribution in [0.2, 0.25) is 0 Å². The largest absolute Gasteiger partial charge is 0.396 e. The summed E-state index contributed by atoms with van der Waals surface area (Å²) in [5.41, 5.74) is 2.66. The van der Waals surface area contributed by atoms with E-state index in [1.807, 2.05) is 0 Å². The van der Waals surface area contributed by atoms with Gasteiger partial charge in [0.05, 0.1) is 0 Å². The molecule has 0 radical (unpaired) electrons. The fraction of sp³-hybridized carbons (Fsp3) is 0.571. The van der Waals surface area contributed by atoms with Crippen LogP contribution in [0.15, 0.2) is 24.3 Å². The molecule has 0 aliphatic carbocycles. The van der Waals surface area contributed by atoms with Gasteiger partial charge in [-0.15, -0.1) is 0 Å². The van der Waals surface area contributed by atoms with Crippen molar-refractivity contribution in [3.8, 4) is 0 Å². The van der Waals surface area contributed by atoms with E-state index in [0.717, 1.165) is 32.5 Å². The molecule has 1 saturated heterocycles. The minimum Gasteiger partial charge on any atom is -0.396 e. The van der Waals surface area contributed by atoms with Crippen LogP contribution in [0.3, 0.4) is 0 Å². The Morgan fingerprint density at radius 3 is 3.00 bits per heavy atom. The molecule has 3 heteroatoms. The first-order chi connectivity index (χ1) is 8.31. The normalized spacial score (nSPS) is 21.3. The topological polar surface area (TPSA) is 35.5 Å². The zero-order valence-corrected chi connectivity index (χ0v) is 10.5. The Kier molecular flexibility index (Phi) is 4.40. The number of aliphatic hydroxyl groups is 1. The highest BCUT2D eigenvalue weighted by atomic mass is 16.3. The fourth-order valence-electron chi connectivity index (χ4n) is 2.48. The van der Waals surface area contributed by atoms with Crippen molar-refractivity contribution >= 4 is 5.69 Å². The Balaban J connectivity index is 2.11. The van der Waals surface area contributed by atoms with Crippen LogP contribution in [0, 0.1) is 6.92 Å². The van der Waals surface area contributed by atoms with Gasteiger partial charge in [0.15, 0.2) is 0 Å². The van der Waals surface area contributed by atoms with Crippen molar-refractivity contribution in [1.82, 2.24) is 5.32 Å². The molecule has 1 heterocycles. The van der Waals surface area contributed by atoms with E-state index in [4.69, 9.17) is 5.11 Å². The molecule has 3 nitrogen and oxygen atoms in total. The summed E-state index contributed by atoms with van der Waals surface area (Å²) in [6, 6.07) is 8.94. The molecule has 2 rings (SSSR count). The summed E-state index contributed by atoms with van der Waals surface area (Å²) < 4.78 is 0. The van der Waals surface area contributed by atoms with E-state index in [2.05, 4.69) is 41.4 Å². The Bertz CT molecular complexity index is 354. The first-order valence-electron chi connectivity index (χ1n) is 6.46. The van der Waals surface area contributed by atoms with Crippen molar-refractivity contribution in [2.75, 3.05) is 31.1 Å². The van der Waals surface area contributed by atoms with Crippen molar-refractivity contribution < 1.29 is 5.11 Å². The van der Waals surface area contributed by atoms with Crippen LogP contribution in [0.1, 0.15) is 18.4 Å². The van der Waals surface area contributed by atoms with Gasteiger partial charge in [-0.1, -0.05) is 18.2 Å². The van der Waals surface area contributed by atoms with E-state index in [1.165, 1.54) is 11.3 Å². The summed E-state index contributed by atoms with van der Waals surface area (Å²) in [5, 5.41) is 12.6. The molecule has 1 aromatic rings. The van der Waals surface area contributed by atoms with Crippen LogP contribution < -0.4 is 10.2 Å². The molecule has 17 heavy (non-hydrogen) atoms. The van der Waals surface area contributed by atoms with E-state index >= 15 is 0 Å². The molecule has 0 aromatic heterocycles. The smallest absolute Gasteiger partial charge is 0.0446 e. The molecule has 1 fully saturated rings. The molecular weight excluding hydrogens is 212 g/mol. The van der Waals surface area contributed by atoms with Crippen LogP contribution in [0.25, 0.3) is 0 Å². The Morgan fingerprint density at radius 1 is 1.41 bits per heavy atom. The van der Waals surface area contributed by atoms with Crippen LogP contribution in [-0.4, -0.2) is 37.4 Å². The van der Waals surface area contributed by atoms with E-state index in [1.54, 1.807) is 0 Å². The number of aliphatic hydroxyl groups excluding tert-OH is 1. The lowest BCUT2D eigenvalue weighted by Crippen LogP contribution is -2.38. The third kappa shape index (κ3) is 3.20. The minimum absolute atomic E-state index is 0.263. The molecule has 1 aliphatic rings. The zero-order valence-electron chi connectivity index (χ0n) is 10.5. The molecule has 1 unspecified atom stereocenters. The molecule has 2 N–H and O–H groups in total. The number of rotatable bonds is 3. The van der Waals surface area contributed by atoms with Gasteiger partial charge in [-0.05, 0) is 37.9 Å². The zero-order chi connectivity index (χ0) is 12.1. The van der Waals surface area contributed by atoms with Crippen molar-refractivity contribution in [2.45, 2.75) is 25.8 Å². The maximum absolute atomic E-state index is 9.06. The molecule has 1 aromatic carbocycles. The predicted octanol–water partition coefficient (Wildman–Crippen LogP) is 1.55. The van der Waals surface area contributed by atoms with Gasteiger partial charge in [-0.25, -0.2) is 0 Å². The van der Waals surface area contributed by atoms with Crippen LogP contribution in [-0.2, 0) is 0 Å². The fourth-order valence-corrected chi connectivity index (χ4v) is 2.48. The number of para-hydroxylation sites is 1. The second-order valence-corrected chi connectivity index (χ2v) is 4.75. The molecule has 1 aliphatic heterocycles. The summed E-state index contributed by atoms with van der Waals surface area (Å²) in [6.45, 7) is 5.56. The Labute approximate surface area is 103 Å². The number of nitrogens with zero attached hydrogens (tertiary/aromatic N) is 1. The van der Waals surface area contributed by atoms with Crippen molar-refractivity contribution in [1.29, 1.82) is 0 Å². The quantitative estimate of drug-likeness (QED) is 0.833. The van der Waals surface area contributed by atoms with Gasteiger partial charge in [0.1, 0.15) is 0 Å². The van der Waals surface area contributed by atoms with E-state index in [0.29, 0.717) is 6.04 Å². The monoisotopic (exact) mass is 234 g/mol. The highest BCUT2D eigenvalue weighted by molar-refractivity contribution is 5.53. The number of benzene rings is 1. The van der Waals surface area contributed by atoms with E-state index < -0.39 is 0 Å².